The molecule has 0 saturated heterocycles. The summed E-state index contributed by atoms with van der Waals surface area (Å²) < 4.78 is 0. The molecule has 0 saturated carbocycles. The van der Waals surface area contributed by atoms with Crippen LogP contribution >= 0.6 is 11.8 Å². The highest BCUT2D eigenvalue weighted by Gasteiger charge is 2.15. The zero-order chi connectivity index (χ0) is 16.2. The van der Waals surface area contributed by atoms with Crippen LogP contribution in [-0.4, -0.2) is 17.6 Å². The molecule has 0 spiro atoms. The summed E-state index contributed by atoms with van der Waals surface area (Å²) in [7, 11) is 0. The van der Waals surface area contributed by atoms with E-state index in [2.05, 4.69) is 10.6 Å². The van der Waals surface area contributed by atoms with E-state index in [1.54, 1.807) is 23.9 Å². The first-order valence-electron chi connectivity index (χ1n) is 7.53. The minimum absolute atomic E-state index is 0.00582. The normalized spacial score (nSPS) is 13.7. The Kier molecular flexibility index (Phi) is 4.67. The lowest BCUT2D eigenvalue weighted by Gasteiger charge is -2.10. The Morgan fingerprint density at radius 2 is 2.09 bits per heavy atom. The zero-order valence-electron chi connectivity index (χ0n) is 12.9. The number of thioether (sulfide) groups is 1. The van der Waals surface area contributed by atoms with Gasteiger partial charge in [0.2, 0.25) is 5.91 Å². The largest absolute Gasteiger partial charge is 0.348 e. The highest BCUT2D eigenvalue weighted by atomic mass is 32.2. The molecule has 5 heteroatoms. The third kappa shape index (κ3) is 3.74. The molecule has 4 nitrogen and oxygen atoms in total. The van der Waals surface area contributed by atoms with Crippen molar-refractivity contribution in [2.45, 2.75) is 24.8 Å². The van der Waals surface area contributed by atoms with Crippen molar-refractivity contribution in [2.75, 3.05) is 11.1 Å². The average molecular weight is 326 g/mol. The number of nitrogens with one attached hydrogen (secondary N) is 2. The molecule has 2 amide bonds. The van der Waals surface area contributed by atoms with E-state index in [0.717, 1.165) is 27.5 Å². The third-order valence-corrected chi connectivity index (χ3v) is 4.88. The summed E-state index contributed by atoms with van der Waals surface area (Å²) >= 11 is 1.63. The summed E-state index contributed by atoms with van der Waals surface area (Å²) in [6.07, 6.45) is 0.494. The minimum atomic E-state index is -0.139. The lowest BCUT2D eigenvalue weighted by molar-refractivity contribution is -0.115. The molecule has 0 bridgehead atoms. The highest BCUT2D eigenvalue weighted by Crippen LogP contribution is 2.31. The second-order valence-corrected chi connectivity index (χ2v) is 6.60. The van der Waals surface area contributed by atoms with Crippen molar-refractivity contribution in [1.82, 2.24) is 5.32 Å². The number of aryl methyl sites for hydroxylation is 1. The van der Waals surface area contributed by atoms with Gasteiger partial charge in [-0.2, -0.15) is 0 Å². The molecule has 2 aromatic carbocycles. The maximum absolute atomic E-state index is 12.4. The van der Waals surface area contributed by atoms with Gasteiger partial charge in [0.05, 0.1) is 5.69 Å². The van der Waals surface area contributed by atoms with Crippen LogP contribution in [0.2, 0.25) is 0 Å². The number of amides is 2. The first-order valence-corrected chi connectivity index (χ1v) is 8.51. The van der Waals surface area contributed by atoms with Crippen molar-refractivity contribution in [3.05, 3.63) is 59.2 Å². The van der Waals surface area contributed by atoms with Crippen LogP contribution in [0.5, 0.6) is 0 Å². The molecular formula is C18H18N2O2S. The van der Waals surface area contributed by atoms with Crippen molar-refractivity contribution in [3.8, 4) is 0 Å². The number of carbonyl (C=O) groups excluding carboxylic acids is 2. The summed E-state index contributed by atoms with van der Waals surface area (Å²) in [6, 6.07) is 13.4. The molecule has 1 heterocycles. The number of benzene rings is 2. The smallest absolute Gasteiger partial charge is 0.251 e. The molecule has 0 radical (unpaired) electrons. The fourth-order valence-corrected chi connectivity index (χ4v) is 3.38. The molecule has 0 atom stereocenters. The topological polar surface area (TPSA) is 58.2 Å². The van der Waals surface area contributed by atoms with Crippen LogP contribution in [0.15, 0.2) is 47.4 Å². The predicted octanol–water partition coefficient (Wildman–Crippen LogP) is 3.36. The van der Waals surface area contributed by atoms with Crippen LogP contribution in [0.25, 0.3) is 0 Å². The van der Waals surface area contributed by atoms with Crippen LogP contribution in [0.1, 0.15) is 27.9 Å². The second kappa shape index (κ2) is 6.87. The standard InChI is InChI=1S/C18H18N2O2S/c1-12-4-2-3-5-14(12)11-19-18(22)13-6-7-16-15(10-13)20-17(21)8-9-23-16/h2-7,10H,8-9,11H2,1H3,(H,19,22)(H,20,21). The van der Waals surface area contributed by atoms with Crippen molar-refractivity contribution in [2.24, 2.45) is 0 Å². The van der Waals surface area contributed by atoms with Gasteiger partial charge >= 0.3 is 0 Å². The van der Waals surface area contributed by atoms with Crippen LogP contribution < -0.4 is 10.6 Å². The molecule has 118 valence electrons. The molecule has 0 aliphatic carbocycles. The maximum atomic E-state index is 12.4. The lowest BCUT2D eigenvalue weighted by atomic mass is 10.1. The van der Waals surface area contributed by atoms with Gasteiger partial charge in [0.25, 0.3) is 5.91 Å². The van der Waals surface area contributed by atoms with Crippen LogP contribution in [0.4, 0.5) is 5.69 Å². The zero-order valence-corrected chi connectivity index (χ0v) is 13.7. The van der Waals surface area contributed by atoms with Gasteiger partial charge in [0.15, 0.2) is 0 Å². The maximum Gasteiger partial charge on any atom is 0.251 e. The number of anilines is 1. The quantitative estimate of drug-likeness (QED) is 0.909. The Hall–Kier alpha value is -2.27. The monoisotopic (exact) mass is 326 g/mol. The van der Waals surface area contributed by atoms with Gasteiger partial charge in [-0.1, -0.05) is 24.3 Å². The highest BCUT2D eigenvalue weighted by molar-refractivity contribution is 7.99. The number of rotatable bonds is 3. The summed E-state index contributed by atoms with van der Waals surface area (Å²) in [5.74, 6) is 0.616. The molecule has 1 aliphatic rings. The van der Waals surface area contributed by atoms with E-state index < -0.39 is 0 Å². The lowest BCUT2D eigenvalue weighted by Crippen LogP contribution is -2.23. The molecule has 1 aliphatic heterocycles. The number of hydrogen-bond donors (Lipinski definition) is 2. The minimum Gasteiger partial charge on any atom is -0.348 e. The van der Waals surface area contributed by atoms with Gasteiger partial charge in [-0.25, -0.2) is 0 Å². The molecule has 23 heavy (non-hydrogen) atoms. The fraction of sp³-hybridized carbons (Fsp3) is 0.222. The Morgan fingerprint density at radius 1 is 1.26 bits per heavy atom. The van der Waals surface area contributed by atoms with Gasteiger partial charge in [0, 0.05) is 29.2 Å². The van der Waals surface area contributed by atoms with Gasteiger partial charge in [-0.15, -0.1) is 11.8 Å². The predicted molar refractivity (Wildman–Crippen MR) is 92.8 cm³/mol. The fourth-order valence-electron chi connectivity index (χ4n) is 2.45. The number of fused-ring (bicyclic) bond motifs is 1. The first kappa shape index (κ1) is 15.6. The van der Waals surface area contributed by atoms with Gasteiger partial charge in [-0.3, -0.25) is 9.59 Å². The van der Waals surface area contributed by atoms with Crippen LogP contribution in [0.3, 0.4) is 0 Å². The van der Waals surface area contributed by atoms with Gasteiger partial charge < -0.3 is 10.6 Å². The van der Waals surface area contributed by atoms with E-state index in [1.165, 1.54) is 0 Å². The summed E-state index contributed by atoms with van der Waals surface area (Å²) in [5, 5.41) is 5.79. The number of hydrogen-bond acceptors (Lipinski definition) is 3. The SMILES string of the molecule is Cc1ccccc1CNC(=O)c1ccc2c(c1)NC(=O)CCS2. The Balaban J connectivity index is 1.73. The molecule has 3 rings (SSSR count). The van der Waals surface area contributed by atoms with Crippen molar-refractivity contribution >= 4 is 29.3 Å². The van der Waals surface area contributed by atoms with Crippen molar-refractivity contribution < 1.29 is 9.59 Å². The van der Waals surface area contributed by atoms with E-state index in [-0.39, 0.29) is 11.8 Å². The van der Waals surface area contributed by atoms with Crippen molar-refractivity contribution in [3.63, 3.8) is 0 Å². The van der Waals surface area contributed by atoms with Crippen LogP contribution in [-0.2, 0) is 11.3 Å². The Morgan fingerprint density at radius 3 is 2.91 bits per heavy atom. The van der Waals surface area contributed by atoms with E-state index in [9.17, 15) is 9.59 Å². The molecule has 0 aromatic heterocycles. The molecule has 2 aromatic rings. The van der Waals surface area contributed by atoms with Gasteiger partial charge in [0.1, 0.15) is 0 Å². The molecule has 2 N–H and O–H groups in total. The van der Waals surface area contributed by atoms with E-state index >= 15 is 0 Å². The molecule has 0 fully saturated rings. The average Bonchev–Trinajstić information content (AvgIpc) is 2.73. The Bertz CT molecular complexity index is 758. The second-order valence-electron chi connectivity index (χ2n) is 5.47. The number of carbonyl (C=O) groups is 2. The van der Waals surface area contributed by atoms with Crippen molar-refractivity contribution in [1.29, 1.82) is 0 Å². The third-order valence-electron chi connectivity index (χ3n) is 3.80. The molecule has 0 unspecified atom stereocenters. The Labute approximate surface area is 139 Å². The molecular weight excluding hydrogens is 308 g/mol. The first-order chi connectivity index (χ1) is 11.1. The summed E-state index contributed by atoms with van der Waals surface area (Å²) in [6.45, 7) is 2.51. The van der Waals surface area contributed by atoms with Crippen LogP contribution in [0, 0.1) is 6.92 Å². The van der Waals surface area contributed by atoms with Gasteiger partial charge in [-0.05, 0) is 36.2 Å². The summed E-state index contributed by atoms with van der Waals surface area (Å²) in [4.78, 5) is 25.0. The van der Waals surface area contributed by atoms with E-state index in [0.29, 0.717) is 18.5 Å². The van der Waals surface area contributed by atoms with E-state index in [1.807, 2.05) is 37.3 Å². The summed E-state index contributed by atoms with van der Waals surface area (Å²) in [5.41, 5.74) is 3.53. The van der Waals surface area contributed by atoms with E-state index in [4.69, 9.17) is 0 Å².